The van der Waals surface area contributed by atoms with Gasteiger partial charge in [-0.25, -0.2) is 0 Å². The monoisotopic (exact) mass is 253 g/mol. The zero-order valence-electron chi connectivity index (χ0n) is 11.9. The molecule has 0 radical (unpaired) electrons. The van der Waals surface area contributed by atoms with Gasteiger partial charge in [-0.1, -0.05) is 39.5 Å². The molecule has 0 bridgehead atoms. The number of hydrogen-bond acceptors (Lipinski definition) is 2. The van der Waals surface area contributed by atoms with E-state index in [1.54, 1.807) is 0 Å². The number of carboxylic acid groups (broad SMARTS) is 1. The SMILES string of the molecule is CC1(C)CCCCC1(C(=O)O)N1CCCCCC1. The summed E-state index contributed by atoms with van der Waals surface area (Å²) in [5, 5.41) is 9.93. The normalized spacial score (nSPS) is 33.9. The molecule has 3 heteroatoms. The lowest BCUT2D eigenvalue weighted by molar-refractivity contribution is -0.166. The van der Waals surface area contributed by atoms with Crippen LogP contribution in [0.25, 0.3) is 0 Å². The Balaban J connectivity index is 2.32. The number of carbonyl (C=O) groups is 1. The number of rotatable bonds is 2. The maximum absolute atomic E-state index is 12.1. The number of hydrogen-bond donors (Lipinski definition) is 1. The Morgan fingerprint density at radius 2 is 1.50 bits per heavy atom. The average molecular weight is 253 g/mol. The van der Waals surface area contributed by atoms with Crippen LogP contribution >= 0.6 is 0 Å². The molecule has 1 saturated carbocycles. The number of likely N-dealkylation sites (tertiary alicyclic amines) is 1. The van der Waals surface area contributed by atoms with Crippen molar-refractivity contribution in [2.75, 3.05) is 13.1 Å². The minimum Gasteiger partial charge on any atom is -0.480 e. The van der Waals surface area contributed by atoms with Gasteiger partial charge in [-0.15, -0.1) is 0 Å². The van der Waals surface area contributed by atoms with E-state index >= 15 is 0 Å². The van der Waals surface area contributed by atoms with Crippen LogP contribution in [-0.2, 0) is 4.79 Å². The molecule has 2 aliphatic rings. The number of aliphatic carboxylic acids is 1. The van der Waals surface area contributed by atoms with E-state index in [1.807, 2.05) is 0 Å². The van der Waals surface area contributed by atoms with Gasteiger partial charge in [0.15, 0.2) is 0 Å². The van der Waals surface area contributed by atoms with Crippen molar-refractivity contribution in [2.45, 2.75) is 70.8 Å². The van der Waals surface area contributed by atoms with E-state index < -0.39 is 11.5 Å². The molecule has 0 aromatic carbocycles. The van der Waals surface area contributed by atoms with Gasteiger partial charge in [0.1, 0.15) is 5.54 Å². The molecule has 1 unspecified atom stereocenters. The maximum atomic E-state index is 12.1. The van der Waals surface area contributed by atoms with Crippen LogP contribution < -0.4 is 0 Å². The highest BCUT2D eigenvalue weighted by Gasteiger charge is 2.55. The van der Waals surface area contributed by atoms with Gasteiger partial charge in [0.2, 0.25) is 0 Å². The van der Waals surface area contributed by atoms with Gasteiger partial charge in [0.25, 0.3) is 0 Å². The maximum Gasteiger partial charge on any atom is 0.324 e. The summed E-state index contributed by atoms with van der Waals surface area (Å²) in [6.07, 6.45) is 8.93. The Morgan fingerprint density at radius 3 is 2.00 bits per heavy atom. The molecular weight excluding hydrogens is 226 g/mol. The number of carboxylic acids is 1. The third kappa shape index (κ3) is 2.18. The Hall–Kier alpha value is -0.570. The van der Waals surface area contributed by atoms with Crippen LogP contribution in [0.15, 0.2) is 0 Å². The first-order valence-electron chi connectivity index (χ1n) is 7.49. The molecule has 0 amide bonds. The van der Waals surface area contributed by atoms with Crippen LogP contribution in [-0.4, -0.2) is 34.6 Å². The van der Waals surface area contributed by atoms with Crippen LogP contribution in [0.5, 0.6) is 0 Å². The Morgan fingerprint density at radius 1 is 0.944 bits per heavy atom. The standard InChI is InChI=1S/C15H27NO2/c1-14(2)9-5-6-10-15(14,13(17)18)16-11-7-3-4-8-12-16/h3-12H2,1-2H3,(H,17,18). The molecular formula is C15H27NO2. The van der Waals surface area contributed by atoms with Crippen LogP contribution in [0.4, 0.5) is 0 Å². The fourth-order valence-electron chi connectivity index (χ4n) is 4.06. The van der Waals surface area contributed by atoms with Gasteiger partial charge in [-0.3, -0.25) is 9.69 Å². The second-order valence-electron chi connectivity index (χ2n) is 6.66. The summed E-state index contributed by atoms with van der Waals surface area (Å²) >= 11 is 0. The Bertz CT molecular complexity index is 306. The first-order chi connectivity index (χ1) is 8.51. The average Bonchev–Trinajstić information content (AvgIpc) is 2.57. The van der Waals surface area contributed by atoms with Gasteiger partial charge < -0.3 is 5.11 Å². The van der Waals surface area contributed by atoms with Crippen molar-refractivity contribution < 1.29 is 9.90 Å². The van der Waals surface area contributed by atoms with Crippen LogP contribution in [0.1, 0.15) is 65.2 Å². The Labute approximate surface area is 111 Å². The van der Waals surface area contributed by atoms with E-state index in [2.05, 4.69) is 18.7 Å². The molecule has 1 N–H and O–H groups in total. The molecule has 1 aliphatic heterocycles. The predicted molar refractivity (Wildman–Crippen MR) is 72.7 cm³/mol. The largest absolute Gasteiger partial charge is 0.480 e. The highest BCUT2D eigenvalue weighted by atomic mass is 16.4. The highest BCUT2D eigenvalue weighted by molar-refractivity contribution is 5.80. The minimum absolute atomic E-state index is 0.110. The molecule has 2 rings (SSSR count). The molecule has 104 valence electrons. The zero-order valence-corrected chi connectivity index (χ0v) is 11.9. The third-order valence-corrected chi connectivity index (χ3v) is 5.21. The smallest absolute Gasteiger partial charge is 0.324 e. The number of nitrogens with zero attached hydrogens (tertiary/aromatic N) is 1. The van der Waals surface area contributed by atoms with Crippen molar-refractivity contribution >= 4 is 5.97 Å². The highest BCUT2D eigenvalue weighted by Crippen LogP contribution is 2.48. The van der Waals surface area contributed by atoms with Gasteiger partial charge in [0, 0.05) is 0 Å². The third-order valence-electron chi connectivity index (χ3n) is 5.21. The van der Waals surface area contributed by atoms with Crippen LogP contribution in [0, 0.1) is 5.41 Å². The molecule has 1 heterocycles. The summed E-state index contributed by atoms with van der Waals surface area (Å²) in [5.74, 6) is -0.589. The van der Waals surface area contributed by atoms with Gasteiger partial charge in [0.05, 0.1) is 0 Å². The fourth-order valence-corrected chi connectivity index (χ4v) is 4.06. The summed E-state index contributed by atoms with van der Waals surface area (Å²) in [5.41, 5.74) is -0.725. The van der Waals surface area contributed by atoms with Crippen molar-refractivity contribution in [1.29, 1.82) is 0 Å². The Kier molecular flexibility index (Phi) is 4.00. The van der Waals surface area contributed by atoms with Gasteiger partial charge >= 0.3 is 5.97 Å². The van der Waals surface area contributed by atoms with Crippen molar-refractivity contribution in [3.63, 3.8) is 0 Å². The van der Waals surface area contributed by atoms with E-state index in [-0.39, 0.29) is 5.41 Å². The van der Waals surface area contributed by atoms with Crippen LogP contribution in [0.2, 0.25) is 0 Å². The van der Waals surface area contributed by atoms with Gasteiger partial charge in [-0.05, 0) is 44.2 Å². The first kappa shape index (κ1) is 13.9. The van der Waals surface area contributed by atoms with E-state index in [0.29, 0.717) is 0 Å². The lowest BCUT2D eigenvalue weighted by atomic mass is 9.62. The molecule has 0 spiro atoms. The second kappa shape index (κ2) is 5.20. The van der Waals surface area contributed by atoms with E-state index in [4.69, 9.17) is 0 Å². The molecule has 0 aromatic heterocycles. The first-order valence-corrected chi connectivity index (χ1v) is 7.49. The topological polar surface area (TPSA) is 40.5 Å². The lowest BCUT2D eigenvalue weighted by Crippen LogP contribution is -2.64. The molecule has 18 heavy (non-hydrogen) atoms. The van der Waals surface area contributed by atoms with Crippen molar-refractivity contribution in [3.05, 3.63) is 0 Å². The van der Waals surface area contributed by atoms with Crippen molar-refractivity contribution in [3.8, 4) is 0 Å². The van der Waals surface area contributed by atoms with E-state index in [1.165, 1.54) is 19.3 Å². The fraction of sp³-hybridized carbons (Fsp3) is 0.933. The summed E-state index contributed by atoms with van der Waals surface area (Å²) in [6.45, 7) is 6.25. The predicted octanol–water partition coefficient (Wildman–Crippen LogP) is 3.29. The quantitative estimate of drug-likeness (QED) is 0.821. The molecule has 1 aliphatic carbocycles. The van der Waals surface area contributed by atoms with Crippen LogP contribution in [0.3, 0.4) is 0 Å². The van der Waals surface area contributed by atoms with Crippen molar-refractivity contribution in [1.82, 2.24) is 4.90 Å². The summed E-state index contributed by atoms with van der Waals surface area (Å²) < 4.78 is 0. The minimum atomic E-state index is -0.615. The molecule has 0 aromatic rings. The zero-order chi connectivity index (χ0) is 13.2. The molecule has 3 nitrogen and oxygen atoms in total. The van der Waals surface area contributed by atoms with E-state index in [9.17, 15) is 9.90 Å². The van der Waals surface area contributed by atoms with Crippen molar-refractivity contribution in [2.24, 2.45) is 5.41 Å². The molecule has 2 fully saturated rings. The molecule has 1 atom stereocenters. The van der Waals surface area contributed by atoms with Gasteiger partial charge in [-0.2, -0.15) is 0 Å². The van der Waals surface area contributed by atoms with E-state index in [0.717, 1.165) is 45.2 Å². The summed E-state index contributed by atoms with van der Waals surface area (Å²) in [7, 11) is 0. The summed E-state index contributed by atoms with van der Waals surface area (Å²) in [4.78, 5) is 14.4. The second-order valence-corrected chi connectivity index (χ2v) is 6.66. The molecule has 1 saturated heterocycles. The lowest BCUT2D eigenvalue weighted by Gasteiger charge is -2.53. The summed E-state index contributed by atoms with van der Waals surface area (Å²) in [6, 6.07) is 0.